The normalized spacial score (nSPS) is 18.5. The molecule has 0 saturated heterocycles. The zero-order chi connectivity index (χ0) is 12.6. The third-order valence-corrected chi connectivity index (χ3v) is 3.56. The highest BCUT2D eigenvalue weighted by Gasteiger charge is 2.27. The third kappa shape index (κ3) is 2.26. The van der Waals surface area contributed by atoms with Crippen LogP contribution in [0.25, 0.3) is 5.57 Å². The van der Waals surface area contributed by atoms with Gasteiger partial charge in [-0.3, -0.25) is 4.79 Å². The SMILES string of the molecule is C=C1c2ccc(CC(=O)O)cc2CC1C(C)C. The van der Waals surface area contributed by atoms with Gasteiger partial charge in [-0.25, -0.2) is 0 Å². The molecule has 1 atom stereocenters. The number of allylic oxidation sites excluding steroid dienone is 1. The van der Waals surface area contributed by atoms with Crippen molar-refractivity contribution in [2.75, 3.05) is 0 Å². The highest BCUT2D eigenvalue weighted by Crippen LogP contribution is 2.40. The standard InChI is InChI=1S/C15H18O2/c1-9(2)14-8-12-6-11(7-15(16)17)4-5-13(12)10(14)3/h4-6,9,14H,3,7-8H2,1-2H3,(H,16,17). The van der Waals surface area contributed by atoms with Crippen molar-refractivity contribution in [2.45, 2.75) is 26.7 Å². The van der Waals surface area contributed by atoms with Crippen LogP contribution in [-0.4, -0.2) is 11.1 Å². The first-order valence-electron chi connectivity index (χ1n) is 6.01. The fourth-order valence-corrected chi connectivity index (χ4v) is 2.61. The first kappa shape index (κ1) is 11.9. The van der Waals surface area contributed by atoms with Crippen LogP contribution in [0.3, 0.4) is 0 Å². The summed E-state index contributed by atoms with van der Waals surface area (Å²) < 4.78 is 0. The molecule has 0 heterocycles. The van der Waals surface area contributed by atoms with E-state index in [0.717, 1.165) is 12.0 Å². The van der Waals surface area contributed by atoms with Crippen LogP contribution in [0, 0.1) is 11.8 Å². The Morgan fingerprint density at radius 2 is 2.24 bits per heavy atom. The van der Waals surface area contributed by atoms with E-state index in [2.05, 4.69) is 20.4 Å². The predicted octanol–water partition coefficient (Wildman–Crippen LogP) is 3.16. The molecule has 1 unspecified atom stereocenters. The molecule has 1 N–H and O–H groups in total. The van der Waals surface area contributed by atoms with Crippen LogP contribution >= 0.6 is 0 Å². The average molecular weight is 230 g/mol. The van der Waals surface area contributed by atoms with E-state index in [1.807, 2.05) is 18.2 Å². The number of hydrogen-bond donors (Lipinski definition) is 1. The van der Waals surface area contributed by atoms with Gasteiger partial charge >= 0.3 is 5.97 Å². The molecule has 1 aliphatic rings. The Balaban J connectivity index is 2.29. The number of carbonyl (C=O) groups is 1. The van der Waals surface area contributed by atoms with Crippen LogP contribution < -0.4 is 0 Å². The largest absolute Gasteiger partial charge is 0.481 e. The van der Waals surface area contributed by atoms with Gasteiger partial charge in [0.25, 0.3) is 0 Å². The van der Waals surface area contributed by atoms with Crippen molar-refractivity contribution in [1.29, 1.82) is 0 Å². The lowest BCUT2D eigenvalue weighted by Gasteiger charge is -2.14. The lowest BCUT2D eigenvalue weighted by atomic mass is 9.90. The van der Waals surface area contributed by atoms with Crippen molar-refractivity contribution < 1.29 is 9.90 Å². The van der Waals surface area contributed by atoms with E-state index in [9.17, 15) is 4.79 Å². The molecular formula is C15H18O2. The van der Waals surface area contributed by atoms with E-state index >= 15 is 0 Å². The van der Waals surface area contributed by atoms with Gasteiger partial charge in [-0.15, -0.1) is 0 Å². The maximum atomic E-state index is 10.7. The van der Waals surface area contributed by atoms with Gasteiger partial charge in [0.2, 0.25) is 0 Å². The highest BCUT2D eigenvalue weighted by molar-refractivity contribution is 5.75. The second kappa shape index (κ2) is 4.36. The van der Waals surface area contributed by atoms with Crippen molar-refractivity contribution in [2.24, 2.45) is 11.8 Å². The van der Waals surface area contributed by atoms with Crippen molar-refractivity contribution in [1.82, 2.24) is 0 Å². The molecule has 0 spiro atoms. The van der Waals surface area contributed by atoms with Crippen molar-refractivity contribution in [3.05, 3.63) is 41.5 Å². The average Bonchev–Trinajstić information content (AvgIpc) is 2.55. The molecule has 90 valence electrons. The molecule has 17 heavy (non-hydrogen) atoms. The number of fused-ring (bicyclic) bond motifs is 1. The monoisotopic (exact) mass is 230 g/mol. The van der Waals surface area contributed by atoms with Gasteiger partial charge in [0.05, 0.1) is 6.42 Å². The topological polar surface area (TPSA) is 37.3 Å². The van der Waals surface area contributed by atoms with Gasteiger partial charge in [0.1, 0.15) is 0 Å². The Morgan fingerprint density at radius 1 is 1.53 bits per heavy atom. The van der Waals surface area contributed by atoms with Gasteiger partial charge in [-0.05, 0) is 40.5 Å². The molecule has 2 nitrogen and oxygen atoms in total. The number of benzene rings is 1. The maximum absolute atomic E-state index is 10.7. The molecule has 0 aromatic heterocycles. The zero-order valence-corrected chi connectivity index (χ0v) is 10.4. The second-order valence-corrected chi connectivity index (χ2v) is 5.14. The first-order valence-corrected chi connectivity index (χ1v) is 6.01. The van der Waals surface area contributed by atoms with Gasteiger partial charge < -0.3 is 5.11 Å². The summed E-state index contributed by atoms with van der Waals surface area (Å²) >= 11 is 0. The van der Waals surface area contributed by atoms with Crippen molar-refractivity contribution in [3.63, 3.8) is 0 Å². The molecule has 0 bridgehead atoms. The smallest absolute Gasteiger partial charge is 0.307 e. The van der Waals surface area contributed by atoms with Gasteiger partial charge in [-0.1, -0.05) is 38.6 Å². The van der Waals surface area contributed by atoms with Crippen LogP contribution in [0.4, 0.5) is 0 Å². The Labute approximate surface area is 102 Å². The summed E-state index contributed by atoms with van der Waals surface area (Å²) in [6, 6.07) is 5.95. The summed E-state index contributed by atoms with van der Waals surface area (Å²) in [4.78, 5) is 10.7. The molecule has 1 aromatic rings. The second-order valence-electron chi connectivity index (χ2n) is 5.14. The van der Waals surface area contributed by atoms with Gasteiger partial charge in [-0.2, -0.15) is 0 Å². The number of rotatable bonds is 3. The summed E-state index contributed by atoms with van der Waals surface area (Å²) in [7, 11) is 0. The van der Waals surface area contributed by atoms with Crippen molar-refractivity contribution in [3.8, 4) is 0 Å². The fourth-order valence-electron chi connectivity index (χ4n) is 2.61. The van der Waals surface area contributed by atoms with Gasteiger partial charge in [0, 0.05) is 0 Å². The molecule has 2 heteroatoms. The molecule has 0 radical (unpaired) electrons. The predicted molar refractivity (Wildman–Crippen MR) is 68.8 cm³/mol. The van der Waals surface area contributed by atoms with Crippen molar-refractivity contribution >= 4 is 11.5 Å². The third-order valence-electron chi connectivity index (χ3n) is 3.56. The summed E-state index contributed by atoms with van der Waals surface area (Å²) in [5, 5.41) is 8.79. The Kier molecular flexibility index (Phi) is 3.05. The number of aliphatic carboxylic acids is 1. The van der Waals surface area contributed by atoms with Crippen LogP contribution in [0.2, 0.25) is 0 Å². The number of hydrogen-bond acceptors (Lipinski definition) is 1. The minimum Gasteiger partial charge on any atom is -0.481 e. The molecule has 0 saturated carbocycles. The Hall–Kier alpha value is -1.57. The number of carboxylic acids is 1. The highest BCUT2D eigenvalue weighted by atomic mass is 16.4. The fraction of sp³-hybridized carbons (Fsp3) is 0.400. The van der Waals surface area contributed by atoms with E-state index in [1.54, 1.807) is 0 Å². The maximum Gasteiger partial charge on any atom is 0.307 e. The Bertz CT molecular complexity index is 472. The Morgan fingerprint density at radius 3 is 2.82 bits per heavy atom. The first-order chi connectivity index (χ1) is 7.99. The van der Waals surface area contributed by atoms with Gasteiger partial charge in [0.15, 0.2) is 0 Å². The molecular weight excluding hydrogens is 212 g/mol. The molecule has 1 aliphatic carbocycles. The van der Waals surface area contributed by atoms with E-state index in [4.69, 9.17) is 5.11 Å². The quantitative estimate of drug-likeness (QED) is 0.866. The van der Waals surface area contributed by atoms with E-state index in [0.29, 0.717) is 11.8 Å². The van der Waals surface area contributed by atoms with Crippen LogP contribution in [0.15, 0.2) is 24.8 Å². The lowest BCUT2D eigenvalue weighted by Crippen LogP contribution is -2.06. The zero-order valence-electron chi connectivity index (χ0n) is 10.4. The molecule has 2 rings (SSSR count). The summed E-state index contributed by atoms with van der Waals surface area (Å²) in [6.45, 7) is 8.59. The molecule has 0 fully saturated rings. The minimum atomic E-state index is -0.776. The van der Waals surface area contributed by atoms with E-state index in [1.165, 1.54) is 16.7 Å². The molecule has 0 aliphatic heterocycles. The van der Waals surface area contributed by atoms with E-state index < -0.39 is 5.97 Å². The van der Waals surface area contributed by atoms with Crippen LogP contribution in [-0.2, 0) is 17.6 Å². The molecule has 1 aromatic carbocycles. The summed E-state index contributed by atoms with van der Waals surface area (Å²) in [6.07, 6.45) is 1.10. The van der Waals surface area contributed by atoms with Crippen LogP contribution in [0.1, 0.15) is 30.5 Å². The van der Waals surface area contributed by atoms with E-state index in [-0.39, 0.29) is 6.42 Å². The summed E-state index contributed by atoms with van der Waals surface area (Å²) in [5.74, 6) is 0.310. The molecule has 0 amide bonds. The number of carboxylic acid groups (broad SMARTS) is 1. The van der Waals surface area contributed by atoms with Crippen LogP contribution in [0.5, 0.6) is 0 Å². The minimum absolute atomic E-state index is 0.103. The summed E-state index contributed by atoms with van der Waals surface area (Å²) in [5.41, 5.74) is 4.57. The lowest BCUT2D eigenvalue weighted by molar-refractivity contribution is -0.136.